The van der Waals surface area contributed by atoms with Crippen molar-refractivity contribution in [3.63, 3.8) is 0 Å². The predicted octanol–water partition coefficient (Wildman–Crippen LogP) is 2.10. The third-order valence-corrected chi connectivity index (χ3v) is 5.11. The average Bonchev–Trinajstić information content (AvgIpc) is 2.71. The Labute approximate surface area is 131 Å². The first kappa shape index (κ1) is 14.8. The maximum absolute atomic E-state index is 12.0. The van der Waals surface area contributed by atoms with Gasteiger partial charge in [-0.2, -0.15) is 0 Å². The topological polar surface area (TPSA) is 56.4 Å². The van der Waals surface area contributed by atoms with Gasteiger partial charge in [-0.15, -0.1) is 0 Å². The number of aryl methyl sites for hydroxylation is 2. The summed E-state index contributed by atoms with van der Waals surface area (Å²) < 4.78 is 9.42. The monoisotopic (exact) mass is 354 g/mol. The van der Waals surface area contributed by atoms with Crippen LogP contribution >= 0.6 is 15.9 Å². The molecule has 1 aromatic carbocycles. The third kappa shape index (κ3) is 2.45. The third-order valence-electron chi connectivity index (χ3n) is 4.42. The lowest BCUT2D eigenvalue weighted by molar-refractivity contribution is 0.00696. The van der Waals surface area contributed by atoms with Crippen LogP contribution in [0.3, 0.4) is 0 Å². The van der Waals surface area contributed by atoms with E-state index in [9.17, 15) is 9.90 Å². The molecule has 1 aliphatic heterocycles. The summed E-state index contributed by atoms with van der Waals surface area (Å²) in [6, 6.07) is 3.83. The summed E-state index contributed by atoms with van der Waals surface area (Å²) in [5, 5.41) is 10.7. The summed E-state index contributed by atoms with van der Waals surface area (Å²) in [5.41, 5.74) is 2.48. The Bertz CT molecular complexity index is 729. The first-order valence-electron chi connectivity index (χ1n) is 7.11. The van der Waals surface area contributed by atoms with E-state index in [1.165, 1.54) is 0 Å². The molecule has 1 N–H and O–H groups in total. The molecule has 114 valence electrons. The van der Waals surface area contributed by atoms with Crippen LogP contribution in [0.1, 0.15) is 24.5 Å². The molecule has 0 amide bonds. The molecule has 0 radical (unpaired) electrons. The maximum atomic E-state index is 12.0. The minimum Gasteiger partial charge on any atom is -0.388 e. The molecule has 1 unspecified atom stereocenters. The fourth-order valence-corrected chi connectivity index (χ4v) is 3.61. The van der Waals surface area contributed by atoms with Crippen LogP contribution in [0.2, 0.25) is 0 Å². The molecular formula is C15H19BrN2O3. The Morgan fingerprint density at radius 1 is 1.24 bits per heavy atom. The van der Waals surface area contributed by atoms with E-state index in [2.05, 4.69) is 15.9 Å². The molecule has 1 saturated heterocycles. The van der Waals surface area contributed by atoms with Gasteiger partial charge in [0, 0.05) is 31.8 Å². The average molecular weight is 355 g/mol. The molecule has 21 heavy (non-hydrogen) atoms. The van der Waals surface area contributed by atoms with Crippen LogP contribution in [0, 0.1) is 5.92 Å². The molecule has 0 saturated carbocycles. The summed E-state index contributed by atoms with van der Waals surface area (Å²) in [6.07, 6.45) is 1.18. The molecule has 3 rings (SSSR count). The molecular weight excluding hydrogens is 336 g/mol. The second-order valence-electron chi connectivity index (χ2n) is 5.66. The zero-order valence-electron chi connectivity index (χ0n) is 12.2. The molecule has 1 aromatic heterocycles. The number of benzene rings is 1. The zero-order chi connectivity index (χ0) is 15.1. The molecule has 5 nitrogen and oxygen atoms in total. The summed E-state index contributed by atoms with van der Waals surface area (Å²) in [4.78, 5) is 12.0. The van der Waals surface area contributed by atoms with Crippen LogP contribution in [0.25, 0.3) is 11.0 Å². The van der Waals surface area contributed by atoms with Crippen molar-refractivity contribution in [3.05, 3.63) is 32.7 Å². The van der Waals surface area contributed by atoms with Crippen molar-refractivity contribution in [2.75, 3.05) is 13.2 Å². The van der Waals surface area contributed by atoms with Gasteiger partial charge in [-0.3, -0.25) is 9.13 Å². The van der Waals surface area contributed by atoms with E-state index in [1.54, 1.807) is 23.2 Å². The summed E-state index contributed by atoms with van der Waals surface area (Å²) in [7, 11) is 3.51. The quantitative estimate of drug-likeness (QED) is 0.898. The Morgan fingerprint density at radius 3 is 2.43 bits per heavy atom. The lowest BCUT2D eigenvalue weighted by atomic mass is 9.89. The molecule has 0 spiro atoms. The van der Waals surface area contributed by atoms with Gasteiger partial charge in [-0.25, -0.2) is 4.79 Å². The molecule has 1 atom stereocenters. The van der Waals surface area contributed by atoms with E-state index >= 15 is 0 Å². The van der Waals surface area contributed by atoms with Crippen LogP contribution in [-0.4, -0.2) is 27.5 Å². The van der Waals surface area contributed by atoms with Crippen molar-refractivity contribution in [1.82, 2.24) is 9.13 Å². The summed E-state index contributed by atoms with van der Waals surface area (Å²) >= 11 is 3.54. The number of imidazole rings is 1. The summed E-state index contributed by atoms with van der Waals surface area (Å²) in [5.74, 6) is 0.202. The van der Waals surface area contributed by atoms with Crippen LogP contribution < -0.4 is 5.69 Å². The fraction of sp³-hybridized carbons (Fsp3) is 0.533. The molecule has 2 heterocycles. The van der Waals surface area contributed by atoms with Gasteiger partial charge in [0.1, 0.15) is 0 Å². The van der Waals surface area contributed by atoms with E-state index in [0.717, 1.165) is 33.9 Å². The number of fused-ring (bicyclic) bond motifs is 1. The summed E-state index contributed by atoms with van der Waals surface area (Å²) in [6.45, 7) is 1.40. The number of rotatable bonds is 2. The smallest absolute Gasteiger partial charge is 0.328 e. The van der Waals surface area contributed by atoms with E-state index in [4.69, 9.17) is 4.74 Å². The van der Waals surface area contributed by atoms with Crippen LogP contribution in [0.5, 0.6) is 0 Å². The van der Waals surface area contributed by atoms with E-state index < -0.39 is 6.10 Å². The second-order valence-corrected chi connectivity index (χ2v) is 6.51. The highest BCUT2D eigenvalue weighted by atomic mass is 79.9. The van der Waals surface area contributed by atoms with Gasteiger partial charge in [-0.05, 0) is 36.5 Å². The first-order valence-corrected chi connectivity index (χ1v) is 7.90. The van der Waals surface area contributed by atoms with Gasteiger partial charge in [0.2, 0.25) is 0 Å². The predicted molar refractivity (Wildman–Crippen MR) is 84.4 cm³/mol. The van der Waals surface area contributed by atoms with Crippen molar-refractivity contribution in [2.45, 2.75) is 18.9 Å². The van der Waals surface area contributed by atoms with Gasteiger partial charge in [-0.1, -0.05) is 15.9 Å². The molecule has 0 aliphatic carbocycles. The number of ether oxygens (including phenoxy) is 1. The lowest BCUT2D eigenvalue weighted by Gasteiger charge is -2.27. The molecule has 2 aromatic rings. The number of hydrogen-bond donors (Lipinski definition) is 1. The number of aromatic nitrogens is 2. The van der Waals surface area contributed by atoms with Crippen LogP contribution in [0.15, 0.2) is 21.4 Å². The Balaban J connectivity index is 2.08. The molecule has 1 aliphatic rings. The normalized spacial score (nSPS) is 18.3. The van der Waals surface area contributed by atoms with Crippen molar-refractivity contribution in [1.29, 1.82) is 0 Å². The Kier molecular flexibility index (Phi) is 3.94. The van der Waals surface area contributed by atoms with Gasteiger partial charge < -0.3 is 9.84 Å². The van der Waals surface area contributed by atoms with Crippen LogP contribution in [-0.2, 0) is 18.8 Å². The Morgan fingerprint density at radius 2 is 1.81 bits per heavy atom. The number of halogens is 1. The van der Waals surface area contributed by atoms with E-state index in [0.29, 0.717) is 13.2 Å². The molecule has 6 heteroatoms. The minimum atomic E-state index is -0.539. The van der Waals surface area contributed by atoms with E-state index in [1.807, 2.05) is 12.1 Å². The number of nitrogens with zero attached hydrogens (tertiary/aromatic N) is 2. The standard InChI is InChI=1S/C15H19BrN2O3/c1-17-12-7-10(14(19)9-3-5-21-6-4-9)11(16)8-13(12)18(2)15(17)20/h7-9,14,19H,3-6H2,1-2H3. The van der Waals surface area contributed by atoms with Crippen molar-refractivity contribution in [2.24, 2.45) is 20.0 Å². The molecule has 0 bridgehead atoms. The van der Waals surface area contributed by atoms with Gasteiger partial charge >= 0.3 is 5.69 Å². The van der Waals surface area contributed by atoms with E-state index in [-0.39, 0.29) is 11.6 Å². The number of aliphatic hydroxyl groups excluding tert-OH is 1. The van der Waals surface area contributed by atoms with Gasteiger partial charge in [0.05, 0.1) is 17.1 Å². The highest BCUT2D eigenvalue weighted by Crippen LogP contribution is 2.35. The Hall–Kier alpha value is -1.11. The first-order chi connectivity index (χ1) is 10.0. The van der Waals surface area contributed by atoms with Gasteiger partial charge in [0.15, 0.2) is 0 Å². The molecule has 1 fully saturated rings. The van der Waals surface area contributed by atoms with Gasteiger partial charge in [0.25, 0.3) is 0 Å². The van der Waals surface area contributed by atoms with Crippen molar-refractivity contribution in [3.8, 4) is 0 Å². The highest BCUT2D eigenvalue weighted by molar-refractivity contribution is 9.10. The van der Waals surface area contributed by atoms with Crippen LogP contribution in [0.4, 0.5) is 0 Å². The van der Waals surface area contributed by atoms with Crippen molar-refractivity contribution >= 4 is 27.0 Å². The zero-order valence-corrected chi connectivity index (χ0v) is 13.8. The largest absolute Gasteiger partial charge is 0.388 e. The maximum Gasteiger partial charge on any atom is 0.328 e. The van der Waals surface area contributed by atoms with Crippen molar-refractivity contribution < 1.29 is 9.84 Å². The minimum absolute atomic E-state index is 0.0605. The SMILES string of the molecule is Cn1c(=O)n(C)c2cc(C(O)C3CCOCC3)c(Br)cc21. The second kappa shape index (κ2) is 5.59. The fourth-order valence-electron chi connectivity index (χ4n) is 3.05. The number of aliphatic hydroxyl groups is 1. The lowest BCUT2D eigenvalue weighted by Crippen LogP contribution is -2.22. The number of hydrogen-bond acceptors (Lipinski definition) is 3. The highest BCUT2D eigenvalue weighted by Gasteiger charge is 2.26.